The van der Waals surface area contributed by atoms with E-state index in [1.54, 1.807) is 23.5 Å². The number of aryl methyl sites for hydroxylation is 3. The number of rotatable bonds is 6. The number of para-hydroxylation sites is 1. The third-order valence-electron chi connectivity index (χ3n) is 6.11. The zero-order valence-corrected chi connectivity index (χ0v) is 20.6. The molecule has 1 aliphatic rings. The van der Waals surface area contributed by atoms with E-state index < -0.39 is 10.0 Å². The lowest BCUT2D eigenvalue weighted by atomic mass is 10.1. The van der Waals surface area contributed by atoms with Crippen LogP contribution in [0.3, 0.4) is 0 Å². The molecule has 0 unspecified atom stereocenters. The van der Waals surface area contributed by atoms with E-state index in [0.29, 0.717) is 22.2 Å². The molecule has 7 heteroatoms. The van der Waals surface area contributed by atoms with Crippen molar-refractivity contribution in [2.24, 2.45) is 0 Å². The van der Waals surface area contributed by atoms with Gasteiger partial charge in [0.05, 0.1) is 21.2 Å². The number of nitrogens with one attached hydrogen (secondary N) is 2. The van der Waals surface area contributed by atoms with Crippen molar-refractivity contribution in [2.75, 3.05) is 10.0 Å². The lowest BCUT2D eigenvalue weighted by molar-refractivity contribution is 0.600. The van der Waals surface area contributed by atoms with Gasteiger partial charge in [-0.05, 0) is 62.4 Å². The van der Waals surface area contributed by atoms with Gasteiger partial charge in [-0.2, -0.15) is 0 Å². The standard InChI is InChI=1S/C25H31N3O2S2/c1-17-10-8-9-13-22(17)28-32(29,30)23-16-20(15-14-18(23)2)24-19(3)26-25(31-24)27-21-11-6-4-5-7-12-21/h8-10,13-16,21,28H,4-7,11-12H2,1-3H3,(H,26,27). The predicted octanol–water partition coefficient (Wildman–Crippen LogP) is 6.67. The Bertz CT molecular complexity index is 1190. The van der Waals surface area contributed by atoms with Crippen molar-refractivity contribution in [3.63, 3.8) is 0 Å². The van der Waals surface area contributed by atoms with Crippen LogP contribution in [0.15, 0.2) is 47.4 Å². The van der Waals surface area contributed by atoms with Crippen LogP contribution >= 0.6 is 11.3 Å². The van der Waals surface area contributed by atoms with Crippen LogP contribution in [0.2, 0.25) is 0 Å². The van der Waals surface area contributed by atoms with Crippen LogP contribution in [-0.4, -0.2) is 19.4 Å². The third kappa shape index (κ3) is 5.15. The summed E-state index contributed by atoms with van der Waals surface area (Å²) in [4.78, 5) is 6.05. The maximum Gasteiger partial charge on any atom is 0.262 e. The van der Waals surface area contributed by atoms with Gasteiger partial charge in [-0.1, -0.05) is 67.4 Å². The summed E-state index contributed by atoms with van der Waals surface area (Å²) >= 11 is 1.61. The van der Waals surface area contributed by atoms with Gasteiger partial charge < -0.3 is 5.32 Å². The Kier molecular flexibility index (Phi) is 6.86. The molecule has 2 aromatic carbocycles. The van der Waals surface area contributed by atoms with Crippen molar-refractivity contribution in [1.29, 1.82) is 0 Å². The molecule has 5 nitrogen and oxygen atoms in total. The number of anilines is 2. The summed E-state index contributed by atoms with van der Waals surface area (Å²) in [5, 5.41) is 4.55. The topological polar surface area (TPSA) is 71.1 Å². The van der Waals surface area contributed by atoms with Gasteiger partial charge in [0.2, 0.25) is 0 Å². The van der Waals surface area contributed by atoms with Crippen molar-refractivity contribution in [3.05, 3.63) is 59.3 Å². The molecule has 0 saturated heterocycles. The minimum atomic E-state index is -3.71. The SMILES string of the molecule is Cc1ccccc1NS(=O)(=O)c1cc(-c2sc(NC3CCCCCC3)nc2C)ccc1C. The molecule has 0 aliphatic heterocycles. The lowest BCUT2D eigenvalue weighted by Crippen LogP contribution is -2.17. The first-order valence-electron chi connectivity index (χ1n) is 11.3. The average molecular weight is 470 g/mol. The van der Waals surface area contributed by atoms with Gasteiger partial charge in [0, 0.05) is 6.04 Å². The van der Waals surface area contributed by atoms with E-state index in [4.69, 9.17) is 4.98 Å². The van der Waals surface area contributed by atoms with Crippen molar-refractivity contribution in [1.82, 2.24) is 4.98 Å². The fourth-order valence-electron chi connectivity index (χ4n) is 4.24. The van der Waals surface area contributed by atoms with Crippen molar-refractivity contribution in [2.45, 2.75) is 70.2 Å². The Morgan fingerprint density at radius 2 is 1.66 bits per heavy atom. The van der Waals surface area contributed by atoms with Crippen molar-refractivity contribution in [3.8, 4) is 10.4 Å². The van der Waals surface area contributed by atoms with Crippen LogP contribution in [0.4, 0.5) is 10.8 Å². The average Bonchev–Trinajstić information content (AvgIpc) is 2.94. The maximum atomic E-state index is 13.2. The molecule has 1 aliphatic carbocycles. The molecule has 1 heterocycles. The molecule has 0 radical (unpaired) electrons. The van der Waals surface area contributed by atoms with E-state index in [-0.39, 0.29) is 0 Å². The minimum Gasteiger partial charge on any atom is -0.359 e. The highest BCUT2D eigenvalue weighted by Gasteiger charge is 2.21. The van der Waals surface area contributed by atoms with E-state index in [2.05, 4.69) is 10.0 Å². The number of hydrogen-bond donors (Lipinski definition) is 2. The molecule has 170 valence electrons. The second kappa shape index (κ2) is 9.63. The monoisotopic (exact) mass is 469 g/mol. The highest BCUT2D eigenvalue weighted by molar-refractivity contribution is 7.92. The summed E-state index contributed by atoms with van der Waals surface area (Å²) < 4.78 is 29.2. The van der Waals surface area contributed by atoms with Crippen LogP contribution in [0.1, 0.15) is 55.3 Å². The highest BCUT2D eigenvalue weighted by atomic mass is 32.2. The molecule has 1 fully saturated rings. The Labute approximate surface area is 195 Å². The second-order valence-corrected chi connectivity index (χ2v) is 11.3. The van der Waals surface area contributed by atoms with Gasteiger partial charge in [0.1, 0.15) is 0 Å². The second-order valence-electron chi connectivity index (χ2n) is 8.67. The smallest absolute Gasteiger partial charge is 0.262 e. The summed E-state index contributed by atoms with van der Waals surface area (Å²) in [6.07, 6.45) is 7.54. The van der Waals surface area contributed by atoms with Crippen LogP contribution in [0, 0.1) is 20.8 Å². The van der Waals surface area contributed by atoms with Crippen LogP contribution < -0.4 is 10.0 Å². The van der Waals surface area contributed by atoms with Crippen LogP contribution in [0.25, 0.3) is 10.4 Å². The molecule has 0 atom stereocenters. The molecule has 1 saturated carbocycles. The first-order valence-corrected chi connectivity index (χ1v) is 13.6. The van der Waals surface area contributed by atoms with Gasteiger partial charge in [-0.3, -0.25) is 4.72 Å². The molecule has 1 aromatic heterocycles. The van der Waals surface area contributed by atoms with E-state index in [9.17, 15) is 8.42 Å². The Hall–Kier alpha value is -2.38. The van der Waals surface area contributed by atoms with E-state index in [1.807, 2.05) is 51.1 Å². The Morgan fingerprint density at radius 1 is 0.938 bits per heavy atom. The third-order valence-corrected chi connectivity index (χ3v) is 8.75. The summed E-state index contributed by atoms with van der Waals surface area (Å²) in [7, 11) is -3.71. The quantitative estimate of drug-likeness (QED) is 0.396. The summed E-state index contributed by atoms with van der Waals surface area (Å²) in [6, 6.07) is 13.5. The van der Waals surface area contributed by atoms with Gasteiger partial charge in [-0.15, -0.1) is 0 Å². The zero-order valence-electron chi connectivity index (χ0n) is 18.9. The van der Waals surface area contributed by atoms with E-state index in [1.165, 1.54) is 38.5 Å². The molecule has 0 bridgehead atoms. The summed E-state index contributed by atoms with van der Waals surface area (Å²) in [5.41, 5.74) is 4.00. The molecule has 3 aromatic rings. The molecule has 32 heavy (non-hydrogen) atoms. The lowest BCUT2D eigenvalue weighted by Gasteiger charge is -2.14. The Balaban J connectivity index is 1.61. The molecular weight excluding hydrogens is 438 g/mol. The fourth-order valence-corrected chi connectivity index (χ4v) is 6.68. The first kappa shape index (κ1) is 22.8. The van der Waals surface area contributed by atoms with E-state index in [0.717, 1.165) is 26.8 Å². The van der Waals surface area contributed by atoms with Gasteiger partial charge in [-0.25, -0.2) is 13.4 Å². The van der Waals surface area contributed by atoms with Gasteiger partial charge in [0.25, 0.3) is 10.0 Å². The normalized spacial score (nSPS) is 15.3. The largest absolute Gasteiger partial charge is 0.359 e. The molecule has 0 spiro atoms. The number of hydrogen-bond acceptors (Lipinski definition) is 5. The predicted molar refractivity (Wildman–Crippen MR) is 134 cm³/mol. The molecule has 2 N–H and O–H groups in total. The number of nitrogens with zero attached hydrogens (tertiary/aromatic N) is 1. The minimum absolute atomic E-state index is 0.296. The van der Waals surface area contributed by atoms with Crippen LogP contribution in [-0.2, 0) is 10.0 Å². The molecule has 0 amide bonds. The van der Waals surface area contributed by atoms with Crippen LogP contribution in [0.5, 0.6) is 0 Å². The Morgan fingerprint density at radius 3 is 2.38 bits per heavy atom. The van der Waals surface area contributed by atoms with Crippen molar-refractivity contribution < 1.29 is 8.42 Å². The van der Waals surface area contributed by atoms with Gasteiger partial charge >= 0.3 is 0 Å². The van der Waals surface area contributed by atoms with Crippen molar-refractivity contribution >= 4 is 32.2 Å². The first-order chi connectivity index (χ1) is 15.3. The number of sulfonamides is 1. The fraction of sp³-hybridized carbons (Fsp3) is 0.400. The summed E-state index contributed by atoms with van der Waals surface area (Å²) in [5.74, 6) is 0. The molecule has 4 rings (SSSR count). The number of aromatic nitrogens is 1. The molecular formula is C25H31N3O2S2. The number of thiazole rings is 1. The van der Waals surface area contributed by atoms with E-state index >= 15 is 0 Å². The zero-order chi connectivity index (χ0) is 22.7. The maximum absolute atomic E-state index is 13.2. The highest BCUT2D eigenvalue weighted by Crippen LogP contribution is 2.36. The summed E-state index contributed by atoms with van der Waals surface area (Å²) in [6.45, 7) is 5.71. The van der Waals surface area contributed by atoms with Gasteiger partial charge in [0.15, 0.2) is 5.13 Å². The number of benzene rings is 2.